The van der Waals surface area contributed by atoms with Gasteiger partial charge in [-0.3, -0.25) is 9.78 Å². The Morgan fingerprint density at radius 1 is 1.07 bits per heavy atom. The lowest BCUT2D eigenvalue weighted by atomic mass is 10.0. The predicted octanol–water partition coefficient (Wildman–Crippen LogP) is 1.60. The van der Waals surface area contributed by atoms with Crippen molar-refractivity contribution in [2.24, 2.45) is 11.8 Å². The molecule has 2 aliphatic heterocycles. The number of anilines is 2. The van der Waals surface area contributed by atoms with Crippen LogP contribution in [0.5, 0.6) is 0 Å². The molecular weight excluding hydrogens is 368 g/mol. The van der Waals surface area contributed by atoms with Crippen LogP contribution in [-0.4, -0.2) is 46.3 Å². The molecular formula is C16H16F4N6O. The van der Waals surface area contributed by atoms with Crippen molar-refractivity contribution in [3.63, 3.8) is 0 Å². The van der Waals surface area contributed by atoms with Gasteiger partial charge in [-0.1, -0.05) is 0 Å². The Labute approximate surface area is 151 Å². The number of hydrogen-bond acceptors (Lipinski definition) is 6. The highest BCUT2D eigenvalue weighted by Crippen LogP contribution is 2.35. The van der Waals surface area contributed by atoms with Crippen molar-refractivity contribution >= 4 is 11.8 Å². The van der Waals surface area contributed by atoms with E-state index in [9.17, 15) is 22.4 Å². The largest absolute Gasteiger partial charge is 0.435 e. The molecule has 0 amide bonds. The zero-order valence-electron chi connectivity index (χ0n) is 14.3. The average Bonchev–Trinajstić information content (AvgIpc) is 3.17. The molecule has 2 fully saturated rings. The van der Waals surface area contributed by atoms with Crippen molar-refractivity contribution in [1.82, 2.24) is 20.2 Å². The van der Waals surface area contributed by atoms with Gasteiger partial charge in [0.25, 0.3) is 5.56 Å². The highest BCUT2D eigenvalue weighted by Gasteiger charge is 2.41. The van der Waals surface area contributed by atoms with Gasteiger partial charge in [0, 0.05) is 38.0 Å². The maximum atomic E-state index is 13.5. The van der Waals surface area contributed by atoms with E-state index in [2.05, 4.69) is 20.2 Å². The maximum Gasteiger partial charge on any atom is 0.435 e. The van der Waals surface area contributed by atoms with E-state index in [4.69, 9.17) is 0 Å². The number of hydrogen-bond donors (Lipinski definition) is 1. The van der Waals surface area contributed by atoms with E-state index in [1.165, 1.54) is 13.0 Å². The summed E-state index contributed by atoms with van der Waals surface area (Å²) in [6, 6.07) is 2.26. The molecule has 2 saturated heterocycles. The molecule has 0 aliphatic carbocycles. The monoisotopic (exact) mass is 384 g/mol. The van der Waals surface area contributed by atoms with Crippen molar-refractivity contribution in [3.05, 3.63) is 39.7 Å². The van der Waals surface area contributed by atoms with Gasteiger partial charge in [0.05, 0.1) is 5.69 Å². The summed E-state index contributed by atoms with van der Waals surface area (Å²) < 4.78 is 51.2. The number of aromatic amines is 1. The topological polar surface area (TPSA) is 78.0 Å². The quantitative estimate of drug-likeness (QED) is 0.793. The van der Waals surface area contributed by atoms with Crippen LogP contribution in [0.15, 0.2) is 16.9 Å². The number of rotatable bonds is 2. The van der Waals surface area contributed by atoms with Gasteiger partial charge in [-0.05, 0) is 19.1 Å². The predicted molar refractivity (Wildman–Crippen MR) is 88.0 cm³/mol. The van der Waals surface area contributed by atoms with Gasteiger partial charge < -0.3 is 9.80 Å². The molecule has 0 saturated carbocycles. The van der Waals surface area contributed by atoms with E-state index in [0.717, 1.165) is 6.07 Å². The fourth-order valence-corrected chi connectivity index (χ4v) is 3.70. The molecule has 144 valence electrons. The number of aryl methyl sites for hydroxylation is 1. The molecule has 2 aromatic rings. The Balaban J connectivity index is 1.45. The van der Waals surface area contributed by atoms with Crippen molar-refractivity contribution in [1.29, 1.82) is 0 Å². The van der Waals surface area contributed by atoms with Crippen molar-refractivity contribution in [3.8, 4) is 0 Å². The zero-order valence-corrected chi connectivity index (χ0v) is 14.3. The first-order chi connectivity index (χ1) is 12.7. The molecule has 7 nitrogen and oxygen atoms in total. The van der Waals surface area contributed by atoms with E-state index < -0.39 is 23.2 Å². The van der Waals surface area contributed by atoms with E-state index in [-0.39, 0.29) is 17.5 Å². The maximum absolute atomic E-state index is 13.5. The lowest BCUT2D eigenvalue weighted by molar-refractivity contribution is -0.141. The lowest BCUT2D eigenvalue weighted by Gasteiger charge is -2.22. The highest BCUT2D eigenvalue weighted by molar-refractivity contribution is 5.42. The van der Waals surface area contributed by atoms with Crippen LogP contribution < -0.4 is 15.4 Å². The molecule has 4 heterocycles. The van der Waals surface area contributed by atoms with Gasteiger partial charge >= 0.3 is 6.18 Å². The molecule has 2 aliphatic rings. The van der Waals surface area contributed by atoms with Gasteiger partial charge in [-0.2, -0.15) is 17.6 Å². The molecule has 2 aromatic heterocycles. The molecule has 2 unspecified atom stereocenters. The SMILES string of the molecule is Cc1nc(N2CC3CN(c4ccc(C(F)(F)F)nn4)CC3C2)[nH]c(=O)c1F. The third kappa shape index (κ3) is 3.21. The lowest BCUT2D eigenvalue weighted by Crippen LogP contribution is -2.32. The molecule has 27 heavy (non-hydrogen) atoms. The van der Waals surface area contributed by atoms with Crippen LogP contribution >= 0.6 is 0 Å². The van der Waals surface area contributed by atoms with Gasteiger partial charge in [0.2, 0.25) is 11.8 Å². The molecule has 2 atom stereocenters. The van der Waals surface area contributed by atoms with Crippen LogP contribution in [-0.2, 0) is 6.18 Å². The Hall–Kier alpha value is -2.72. The molecule has 4 rings (SSSR count). The molecule has 0 bridgehead atoms. The summed E-state index contributed by atoms with van der Waals surface area (Å²) in [7, 11) is 0. The summed E-state index contributed by atoms with van der Waals surface area (Å²) in [4.78, 5) is 22.0. The first-order valence-corrected chi connectivity index (χ1v) is 8.39. The van der Waals surface area contributed by atoms with Crippen LogP contribution in [0, 0.1) is 24.6 Å². The van der Waals surface area contributed by atoms with Crippen molar-refractivity contribution in [2.75, 3.05) is 36.0 Å². The molecule has 11 heteroatoms. The molecule has 0 radical (unpaired) electrons. The van der Waals surface area contributed by atoms with Gasteiger partial charge in [0.15, 0.2) is 11.5 Å². The Bertz CT molecular complexity index is 899. The van der Waals surface area contributed by atoms with Crippen molar-refractivity contribution < 1.29 is 17.6 Å². The Morgan fingerprint density at radius 3 is 2.22 bits per heavy atom. The van der Waals surface area contributed by atoms with E-state index in [1.54, 1.807) is 0 Å². The number of aromatic nitrogens is 4. The first kappa shape index (κ1) is 17.7. The third-order valence-electron chi connectivity index (χ3n) is 5.07. The summed E-state index contributed by atoms with van der Waals surface area (Å²) in [6.45, 7) is 3.90. The smallest absolute Gasteiger partial charge is 0.354 e. The minimum absolute atomic E-state index is 0.0486. The fourth-order valence-electron chi connectivity index (χ4n) is 3.70. The molecule has 0 aromatic carbocycles. The number of fused-ring (bicyclic) bond motifs is 1. The summed E-state index contributed by atoms with van der Waals surface area (Å²) in [5.41, 5.74) is -1.76. The van der Waals surface area contributed by atoms with Crippen LogP contribution in [0.3, 0.4) is 0 Å². The van der Waals surface area contributed by atoms with Crippen LogP contribution in [0.1, 0.15) is 11.4 Å². The van der Waals surface area contributed by atoms with E-state index in [0.29, 0.717) is 37.9 Å². The number of nitrogens with zero attached hydrogens (tertiary/aromatic N) is 5. The van der Waals surface area contributed by atoms with Crippen molar-refractivity contribution in [2.45, 2.75) is 13.1 Å². The molecule has 1 N–H and O–H groups in total. The first-order valence-electron chi connectivity index (χ1n) is 8.39. The van der Waals surface area contributed by atoms with Gasteiger partial charge in [-0.15, -0.1) is 10.2 Å². The fraction of sp³-hybridized carbons (Fsp3) is 0.500. The highest BCUT2D eigenvalue weighted by atomic mass is 19.4. The standard InChI is InChI=1S/C16H16F4N6O/c1-8-13(17)14(27)22-15(21-8)26-6-9-4-25(5-10(9)7-26)12-3-2-11(23-24-12)16(18,19)20/h2-3,9-10H,4-7H2,1H3,(H,21,22,27). The summed E-state index contributed by atoms with van der Waals surface area (Å²) in [5, 5.41) is 6.97. The van der Waals surface area contributed by atoms with Gasteiger partial charge in [-0.25, -0.2) is 4.98 Å². The van der Waals surface area contributed by atoms with E-state index in [1.807, 2.05) is 9.80 Å². The Kier molecular flexibility index (Phi) is 4.04. The van der Waals surface area contributed by atoms with Crippen LogP contribution in [0.25, 0.3) is 0 Å². The molecule has 0 spiro atoms. The van der Waals surface area contributed by atoms with Gasteiger partial charge in [0.1, 0.15) is 0 Å². The minimum Gasteiger partial charge on any atom is -0.354 e. The van der Waals surface area contributed by atoms with Crippen LogP contribution in [0.4, 0.5) is 29.3 Å². The third-order valence-corrected chi connectivity index (χ3v) is 5.07. The van der Waals surface area contributed by atoms with Crippen LogP contribution in [0.2, 0.25) is 0 Å². The number of H-pyrrole nitrogens is 1. The zero-order chi connectivity index (χ0) is 19.3. The number of nitrogens with one attached hydrogen (secondary N) is 1. The second-order valence-electron chi connectivity index (χ2n) is 6.89. The summed E-state index contributed by atoms with van der Waals surface area (Å²) in [5.74, 6) is 0.349. The minimum atomic E-state index is -4.51. The second kappa shape index (κ2) is 6.17. The normalized spacial score (nSPS) is 22.4. The number of halogens is 4. The summed E-state index contributed by atoms with van der Waals surface area (Å²) in [6.07, 6.45) is -4.51. The Morgan fingerprint density at radius 2 is 1.70 bits per heavy atom. The summed E-state index contributed by atoms with van der Waals surface area (Å²) >= 11 is 0. The number of alkyl halides is 3. The average molecular weight is 384 g/mol. The van der Waals surface area contributed by atoms with E-state index >= 15 is 0 Å². The second-order valence-corrected chi connectivity index (χ2v) is 6.89.